The van der Waals surface area contributed by atoms with E-state index in [0.717, 1.165) is 22.6 Å². The maximum atomic E-state index is 12.9. The number of rotatable bonds is 5. The first-order valence-electron chi connectivity index (χ1n) is 10.0. The lowest BCUT2D eigenvalue weighted by Crippen LogP contribution is -2.12. The van der Waals surface area contributed by atoms with Gasteiger partial charge in [-0.3, -0.25) is 14.9 Å². The Bertz CT molecular complexity index is 1540. The average Bonchev–Trinajstić information content (AvgIpc) is 3.48. The van der Waals surface area contributed by atoms with E-state index in [4.69, 9.17) is 16.6 Å². The van der Waals surface area contributed by atoms with Crippen molar-refractivity contribution in [3.05, 3.63) is 92.4 Å². The zero-order valence-electron chi connectivity index (χ0n) is 17.6. The van der Waals surface area contributed by atoms with Gasteiger partial charge in [-0.15, -0.1) is 0 Å². The second-order valence-electron chi connectivity index (χ2n) is 7.38. The summed E-state index contributed by atoms with van der Waals surface area (Å²) in [6.45, 7) is 1.99. The molecule has 9 nitrogen and oxygen atoms in total. The van der Waals surface area contributed by atoms with Crippen molar-refractivity contribution in [2.75, 3.05) is 5.32 Å². The molecule has 0 radical (unpaired) electrons. The van der Waals surface area contributed by atoms with Gasteiger partial charge in [0, 0.05) is 16.7 Å². The highest BCUT2D eigenvalue weighted by Gasteiger charge is 2.20. The van der Waals surface area contributed by atoms with Gasteiger partial charge in [-0.2, -0.15) is 5.10 Å². The molecule has 0 aliphatic rings. The van der Waals surface area contributed by atoms with Gasteiger partial charge in [0.15, 0.2) is 11.5 Å². The van der Waals surface area contributed by atoms with Crippen LogP contribution in [0.1, 0.15) is 15.2 Å². The molecule has 1 N–H and O–H groups in total. The summed E-state index contributed by atoms with van der Waals surface area (Å²) in [5.41, 5.74) is 3.10. The van der Waals surface area contributed by atoms with E-state index >= 15 is 0 Å². The fraction of sp³-hybridized carbons (Fsp3) is 0.0435. The van der Waals surface area contributed by atoms with Crippen molar-refractivity contribution in [2.24, 2.45) is 0 Å². The van der Waals surface area contributed by atoms with E-state index in [-0.39, 0.29) is 15.7 Å². The van der Waals surface area contributed by atoms with E-state index in [1.165, 1.54) is 12.1 Å². The quantitative estimate of drug-likeness (QED) is 0.251. The highest BCUT2D eigenvalue weighted by Crippen LogP contribution is 2.29. The summed E-state index contributed by atoms with van der Waals surface area (Å²) in [6.07, 6.45) is 1.58. The molecule has 0 saturated carbocycles. The number of halogens is 1. The smallest absolute Gasteiger partial charge is 0.305 e. The van der Waals surface area contributed by atoms with Crippen LogP contribution in [0.4, 0.5) is 10.8 Å². The van der Waals surface area contributed by atoms with Crippen LogP contribution in [0.25, 0.3) is 28.1 Å². The molecule has 34 heavy (non-hydrogen) atoms. The Morgan fingerprint density at radius 1 is 1.06 bits per heavy atom. The number of nitrogens with one attached hydrogen (secondary N) is 1. The van der Waals surface area contributed by atoms with Crippen LogP contribution in [0.5, 0.6) is 0 Å². The Balaban J connectivity index is 1.63. The number of aromatic nitrogens is 4. The summed E-state index contributed by atoms with van der Waals surface area (Å²) in [4.78, 5) is 32.8. The highest BCUT2D eigenvalue weighted by atomic mass is 35.5. The number of nitro groups is 1. The molecule has 2 aromatic carbocycles. The second-order valence-corrected chi connectivity index (χ2v) is 8.88. The van der Waals surface area contributed by atoms with E-state index in [2.05, 4.69) is 15.4 Å². The number of benzene rings is 2. The molecule has 0 spiro atoms. The molecule has 11 heteroatoms. The monoisotopic (exact) mass is 490 g/mol. The summed E-state index contributed by atoms with van der Waals surface area (Å²) in [5, 5.41) is 19.2. The topological polar surface area (TPSA) is 116 Å². The standard InChI is InChI=1S/C23H15ClN6O3S/c1-13-2-8-16(9-3-13)29-22-17(12-25-29)21(26-20(27-22)14-4-6-15(24)7-5-14)28-23(31)18-10-11-19(34-18)30(32)33/h2-12H,1H3,(H,26,27,28,31). The summed E-state index contributed by atoms with van der Waals surface area (Å²) < 4.78 is 1.67. The summed E-state index contributed by atoms with van der Waals surface area (Å²) in [7, 11) is 0. The van der Waals surface area contributed by atoms with Crippen molar-refractivity contribution in [3.63, 3.8) is 0 Å². The Morgan fingerprint density at radius 2 is 1.79 bits per heavy atom. The minimum atomic E-state index is -0.533. The number of amides is 1. The van der Waals surface area contributed by atoms with Crippen molar-refractivity contribution < 1.29 is 9.72 Å². The number of hydrogen-bond acceptors (Lipinski definition) is 7. The lowest BCUT2D eigenvalue weighted by molar-refractivity contribution is -0.380. The molecular formula is C23H15ClN6O3S. The van der Waals surface area contributed by atoms with Crippen LogP contribution in [0.2, 0.25) is 5.02 Å². The van der Waals surface area contributed by atoms with Gasteiger partial charge >= 0.3 is 5.00 Å². The molecule has 5 rings (SSSR count). The van der Waals surface area contributed by atoms with Gasteiger partial charge < -0.3 is 5.32 Å². The molecule has 0 saturated heterocycles. The number of fused-ring (bicyclic) bond motifs is 1. The van der Waals surface area contributed by atoms with Gasteiger partial charge in [0.25, 0.3) is 5.91 Å². The Kier molecular flexibility index (Phi) is 5.52. The molecule has 3 aromatic heterocycles. The predicted octanol–water partition coefficient (Wildman–Crippen LogP) is 5.67. The Hall–Kier alpha value is -4.15. The summed E-state index contributed by atoms with van der Waals surface area (Å²) >= 11 is 6.82. The van der Waals surface area contributed by atoms with Crippen LogP contribution >= 0.6 is 22.9 Å². The third-order valence-electron chi connectivity index (χ3n) is 5.04. The first-order valence-corrected chi connectivity index (χ1v) is 11.2. The number of anilines is 1. The number of hydrogen-bond donors (Lipinski definition) is 1. The molecule has 0 atom stereocenters. The van der Waals surface area contributed by atoms with E-state index in [1.807, 2.05) is 31.2 Å². The molecule has 3 heterocycles. The normalized spacial score (nSPS) is 11.0. The lowest BCUT2D eigenvalue weighted by Gasteiger charge is -2.09. The predicted molar refractivity (Wildman–Crippen MR) is 131 cm³/mol. The van der Waals surface area contributed by atoms with Crippen LogP contribution in [0, 0.1) is 17.0 Å². The molecule has 0 fully saturated rings. The van der Waals surface area contributed by atoms with Crippen molar-refractivity contribution in [1.82, 2.24) is 19.7 Å². The zero-order chi connectivity index (χ0) is 23.8. The van der Waals surface area contributed by atoms with Crippen LogP contribution < -0.4 is 5.32 Å². The number of thiophene rings is 1. The van der Waals surface area contributed by atoms with E-state index in [1.54, 1.807) is 35.1 Å². The molecule has 1 amide bonds. The molecular weight excluding hydrogens is 476 g/mol. The van der Waals surface area contributed by atoms with E-state index < -0.39 is 10.8 Å². The number of carbonyl (C=O) groups is 1. The fourth-order valence-corrected chi connectivity index (χ4v) is 4.17. The van der Waals surface area contributed by atoms with E-state index in [0.29, 0.717) is 27.4 Å². The number of carbonyl (C=O) groups excluding carboxylic acids is 1. The maximum absolute atomic E-state index is 12.9. The molecule has 0 aliphatic heterocycles. The first-order chi connectivity index (χ1) is 16.4. The largest absolute Gasteiger partial charge is 0.324 e. The summed E-state index contributed by atoms with van der Waals surface area (Å²) in [6, 6.07) is 17.5. The number of aryl methyl sites for hydroxylation is 1. The van der Waals surface area contributed by atoms with Crippen molar-refractivity contribution in [3.8, 4) is 17.1 Å². The van der Waals surface area contributed by atoms with Gasteiger partial charge in [-0.1, -0.05) is 40.6 Å². The lowest BCUT2D eigenvalue weighted by atomic mass is 10.2. The maximum Gasteiger partial charge on any atom is 0.324 e. The minimum absolute atomic E-state index is 0.118. The van der Waals surface area contributed by atoms with Gasteiger partial charge in [-0.05, 0) is 49.4 Å². The van der Waals surface area contributed by atoms with Crippen molar-refractivity contribution in [1.29, 1.82) is 0 Å². The Morgan fingerprint density at radius 3 is 2.47 bits per heavy atom. The van der Waals surface area contributed by atoms with Crippen LogP contribution in [-0.4, -0.2) is 30.6 Å². The van der Waals surface area contributed by atoms with Gasteiger partial charge in [0.05, 0.1) is 27.1 Å². The summed E-state index contributed by atoms with van der Waals surface area (Å²) in [5.74, 6) is 0.100. The second kappa shape index (κ2) is 8.65. The molecule has 0 unspecified atom stereocenters. The Labute approximate surface area is 201 Å². The minimum Gasteiger partial charge on any atom is -0.305 e. The third-order valence-corrected chi connectivity index (χ3v) is 6.32. The fourth-order valence-electron chi connectivity index (χ4n) is 3.32. The zero-order valence-corrected chi connectivity index (χ0v) is 19.2. The van der Waals surface area contributed by atoms with E-state index in [9.17, 15) is 14.9 Å². The molecule has 0 bridgehead atoms. The van der Waals surface area contributed by atoms with Crippen molar-refractivity contribution >= 4 is 50.7 Å². The van der Waals surface area contributed by atoms with Crippen LogP contribution in [0.3, 0.4) is 0 Å². The first kappa shape index (κ1) is 21.7. The van der Waals surface area contributed by atoms with Gasteiger partial charge in [-0.25, -0.2) is 14.6 Å². The van der Waals surface area contributed by atoms with Crippen molar-refractivity contribution in [2.45, 2.75) is 6.92 Å². The molecule has 5 aromatic rings. The SMILES string of the molecule is Cc1ccc(-n2ncc3c(NC(=O)c4ccc([N+](=O)[O-])s4)nc(-c4ccc(Cl)cc4)nc32)cc1. The van der Waals surface area contributed by atoms with Crippen LogP contribution in [-0.2, 0) is 0 Å². The molecule has 168 valence electrons. The third kappa shape index (κ3) is 4.12. The molecule has 0 aliphatic carbocycles. The van der Waals surface area contributed by atoms with Gasteiger partial charge in [0.2, 0.25) is 0 Å². The highest BCUT2D eigenvalue weighted by molar-refractivity contribution is 7.17. The van der Waals surface area contributed by atoms with Crippen LogP contribution in [0.15, 0.2) is 66.9 Å². The van der Waals surface area contributed by atoms with Gasteiger partial charge in [0.1, 0.15) is 5.82 Å². The average molecular weight is 491 g/mol. The number of nitrogens with zero attached hydrogens (tertiary/aromatic N) is 5.